The predicted molar refractivity (Wildman–Crippen MR) is 64.1 cm³/mol. The van der Waals surface area contributed by atoms with E-state index in [4.69, 9.17) is 5.73 Å². The number of anilines is 1. The average Bonchev–Trinajstić information content (AvgIpc) is 2.17. The van der Waals surface area contributed by atoms with E-state index >= 15 is 0 Å². The summed E-state index contributed by atoms with van der Waals surface area (Å²) in [6.45, 7) is 3.87. The molecule has 1 rings (SSSR count). The number of hydrogen-bond donors (Lipinski definition) is 1. The van der Waals surface area contributed by atoms with Crippen molar-refractivity contribution in [1.82, 2.24) is 4.90 Å². The van der Waals surface area contributed by atoms with E-state index in [0.717, 1.165) is 25.1 Å². The summed E-state index contributed by atoms with van der Waals surface area (Å²) in [5.74, 6) is 0. The molecule has 0 radical (unpaired) electrons. The van der Waals surface area contributed by atoms with Gasteiger partial charge in [0.25, 0.3) is 5.69 Å². The van der Waals surface area contributed by atoms with Gasteiger partial charge in [-0.1, -0.05) is 13.0 Å². The molecule has 0 saturated heterocycles. The van der Waals surface area contributed by atoms with Crippen LogP contribution in [0.4, 0.5) is 11.4 Å². The molecule has 5 nitrogen and oxygen atoms in total. The van der Waals surface area contributed by atoms with Gasteiger partial charge in [-0.15, -0.1) is 0 Å². The van der Waals surface area contributed by atoms with Gasteiger partial charge in [-0.2, -0.15) is 0 Å². The summed E-state index contributed by atoms with van der Waals surface area (Å²) in [6.07, 6.45) is 1.08. The van der Waals surface area contributed by atoms with Gasteiger partial charge in [0.1, 0.15) is 5.69 Å². The number of rotatable bonds is 5. The van der Waals surface area contributed by atoms with Crippen LogP contribution in [0.15, 0.2) is 18.2 Å². The molecule has 0 aliphatic rings. The molecule has 0 aliphatic carbocycles. The van der Waals surface area contributed by atoms with E-state index in [2.05, 4.69) is 11.8 Å². The molecule has 0 bridgehead atoms. The lowest BCUT2D eigenvalue weighted by Gasteiger charge is -2.15. The van der Waals surface area contributed by atoms with Crippen LogP contribution < -0.4 is 5.73 Å². The molecular weight excluding hydrogens is 206 g/mol. The van der Waals surface area contributed by atoms with Crippen molar-refractivity contribution >= 4 is 11.4 Å². The van der Waals surface area contributed by atoms with Crippen LogP contribution in [0.2, 0.25) is 0 Å². The summed E-state index contributed by atoms with van der Waals surface area (Å²) in [5.41, 5.74) is 6.81. The van der Waals surface area contributed by atoms with Crippen molar-refractivity contribution in [1.29, 1.82) is 0 Å². The zero-order valence-electron chi connectivity index (χ0n) is 9.64. The first-order chi connectivity index (χ1) is 7.54. The number of benzene rings is 1. The summed E-state index contributed by atoms with van der Waals surface area (Å²) in [4.78, 5) is 12.3. The Labute approximate surface area is 95.0 Å². The van der Waals surface area contributed by atoms with Crippen molar-refractivity contribution < 1.29 is 4.92 Å². The van der Waals surface area contributed by atoms with E-state index in [1.165, 1.54) is 6.07 Å². The largest absolute Gasteiger partial charge is 0.393 e. The lowest BCUT2D eigenvalue weighted by molar-refractivity contribution is -0.383. The predicted octanol–water partition coefficient (Wildman–Crippen LogP) is 2.02. The summed E-state index contributed by atoms with van der Waals surface area (Å²) < 4.78 is 0. The van der Waals surface area contributed by atoms with Crippen molar-refractivity contribution in [3.05, 3.63) is 33.9 Å². The van der Waals surface area contributed by atoms with Crippen molar-refractivity contribution in [3.63, 3.8) is 0 Å². The molecule has 16 heavy (non-hydrogen) atoms. The van der Waals surface area contributed by atoms with Gasteiger partial charge < -0.3 is 10.6 Å². The Bertz CT molecular complexity index is 379. The van der Waals surface area contributed by atoms with Gasteiger partial charge in [0, 0.05) is 12.6 Å². The zero-order valence-corrected chi connectivity index (χ0v) is 9.64. The average molecular weight is 223 g/mol. The van der Waals surface area contributed by atoms with Crippen molar-refractivity contribution in [2.45, 2.75) is 19.9 Å². The molecular formula is C11H17N3O2. The van der Waals surface area contributed by atoms with Gasteiger partial charge in [-0.05, 0) is 31.6 Å². The van der Waals surface area contributed by atoms with Crippen molar-refractivity contribution in [2.75, 3.05) is 19.3 Å². The molecule has 0 atom stereocenters. The zero-order chi connectivity index (χ0) is 12.1. The fourth-order valence-electron chi connectivity index (χ4n) is 1.64. The first-order valence-electron chi connectivity index (χ1n) is 5.26. The summed E-state index contributed by atoms with van der Waals surface area (Å²) in [6, 6.07) is 4.88. The van der Waals surface area contributed by atoms with Gasteiger partial charge in [0.15, 0.2) is 0 Å². The Kier molecular flexibility index (Phi) is 4.25. The molecule has 2 N–H and O–H groups in total. The van der Waals surface area contributed by atoms with Crippen LogP contribution in [0, 0.1) is 10.1 Å². The first-order valence-corrected chi connectivity index (χ1v) is 5.26. The fourth-order valence-corrected chi connectivity index (χ4v) is 1.64. The fraction of sp³-hybridized carbons (Fsp3) is 0.455. The molecule has 0 aliphatic heterocycles. The topological polar surface area (TPSA) is 72.4 Å². The summed E-state index contributed by atoms with van der Waals surface area (Å²) >= 11 is 0. The van der Waals surface area contributed by atoms with Crippen LogP contribution in [0.1, 0.15) is 18.9 Å². The number of nitrogens with two attached hydrogens (primary N) is 1. The summed E-state index contributed by atoms with van der Waals surface area (Å²) in [5, 5.41) is 10.6. The highest BCUT2D eigenvalue weighted by atomic mass is 16.6. The molecule has 0 fully saturated rings. The van der Waals surface area contributed by atoms with Gasteiger partial charge in [0.2, 0.25) is 0 Å². The standard InChI is InChI=1S/C11H17N3O2/c1-3-6-13(2)8-9-4-5-11(14(15)16)10(12)7-9/h4-5,7H,3,6,8,12H2,1-2H3. The Hall–Kier alpha value is -1.62. The van der Waals surface area contributed by atoms with E-state index in [0.29, 0.717) is 0 Å². The van der Waals surface area contributed by atoms with Crippen LogP contribution in [0.3, 0.4) is 0 Å². The Morgan fingerprint density at radius 1 is 1.50 bits per heavy atom. The molecule has 1 aromatic carbocycles. The Balaban J connectivity index is 2.77. The summed E-state index contributed by atoms with van der Waals surface area (Å²) in [7, 11) is 2.01. The van der Waals surface area contributed by atoms with Crippen LogP contribution in [0.5, 0.6) is 0 Å². The highest BCUT2D eigenvalue weighted by Crippen LogP contribution is 2.22. The van der Waals surface area contributed by atoms with Crippen molar-refractivity contribution in [3.8, 4) is 0 Å². The smallest absolute Gasteiger partial charge is 0.292 e. The van der Waals surface area contributed by atoms with E-state index in [9.17, 15) is 10.1 Å². The minimum absolute atomic E-state index is 0.0260. The van der Waals surface area contributed by atoms with Crippen LogP contribution in [-0.4, -0.2) is 23.4 Å². The SMILES string of the molecule is CCCN(C)Cc1ccc([N+](=O)[O-])c(N)c1. The number of nitrogen functional groups attached to an aromatic ring is 1. The molecule has 88 valence electrons. The molecule has 0 unspecified atom stereocenters. The van der Waals surface area contributed by atoms with Crippen LogP contribution >= 0.6 is 0 Å². The van der Waals surface area contributed by atoms with Crippen LogP contribution in [-0.2, 0) is 6.54 Å². The lowest BCUT2D eigenvalue weighted by atomic mass is 10.1. The minimum atomic E-state index is -0.463. The monoisotopic (exact) mass is 223 g/mol. The number of nitrogens with zero attached hydrogens (tertiary/aromatic N) is 2. The third-order valence-corrected chi connectivity index (χ3v) is 2.35. The molecule has 0 saturated carbocycles. The molecule has 5 heteroatoms. The second-order valence-electron chi connectivity index (χ2n) is 3.89. The van der Waals surface area contributed by atoms with E-state index in [-0.39, 0.29) is 11.4 Å². The molecule has 0 aromatic heterocycles. The maximum Gasteiger partial charge on any atom is 0.292 e. The lowest BCUT2D eigenvalue weighted by Crippen LogP contribution is -2.18. The molecule has 0 amide bonds. The number of nitro groups is 1. The quantitative estimate of drug-likeness (QED) is 0.471. The van der Waals surface area contributed by atoms with Gasteiger partial charge in [-0.3, -0.25) is 10.1 Å². The van der Waals surface area contributed by atoms with E-state index < -0.39 is 4.92 Å². The number of nitro benzene ring substituents is 1. The second kappa shape index (κ2) is 5.46. The highest BCUT2D eigenvalue weighted by Gasteiger charge is 2.11. The second-order valence-corrected chi connectivity index (χ2v) is 3.89. The highest BCUT2D eigenvalue weighted by molar-refractivity contribution is 5.59. The number of hydrogen-bond acceptors (Lipinski definition) is 4. The van der Waals surface area contributed by atoms with Gasteiger partial charge in [0.05, 0.1) is 4.92 Å². The van der Waals surface area contributed by atoms with Crippen LogP contribution in [0.25, 0.3) is 0 Å². The molecule has 1 aromatic rings. The first kappa shape index (κ1) is 12.4. The van der Waals surface area contributed by atoms with E-state index in [1.807, 2.05) is 7.05 Å². The van der Waals surface area contributed by atoms with Crippen molar-refractivity contribution in [2.24, 2.45) is 0 Å². The molecule has 0 spiro atoms. The third-order valence-electron chi connectivity index (χ3n) is 2.35. The molecule has 0 heterocycles. The maximum atomic E-state index is 10.6. The normalized spacial score (nSPS) is 10.7. The Morgan fingerprint density at radius 2 is 2.19 bits per heavy atom. The minimum Gasteiger partial charge on any atom is -0.393 e. The van der Waals surface area contributed by atoms with Gasteiger partial charge in [-0.25, -0.2) is 0 Å². The third kappa shape index (κ3) is 3.20. The Morgan fingerprint density at radius 3 is 2.69 bits per heavy atom. The van der Waals surface area contributed by atoms with Gasteiger partial charge >= 0.3 is 0 Å². The van der Waals surface area contributed by atoms with E-state index in [1.54, 1.807) is 12.1 Å². The maximum absolute atomic E-state index is 10.6.